The van der Waals surface area contributed by atoms with Crippen LogP contribution in [0.1, 0.15) is 13.8 Å². The summed E-state index contributed by atoms with van der Waals surface area (Å²) in [6.45, 7) is 3.24. The maximum absolute atomic E-state index is 9.84. The molecule has 0 radical (unpaired) electrons. The van der Waals surface area contributed by atoms with E-state index < -0.39 is 30.7 Å². The molecule has 0 amide bonds. The summed E-state index contributed by atoms with van der Waals surface area (Å²) >= 11 is 0. The van der Waals surface area contributed by atoms with Gasteiger partial charge in [0.1, 0.15) is 24.4 Å². The summed E-state index contributed by atoms with van der Waals surface area (Å²) in [5.41, 5.74) is 0. The third kappa shape index (κ3) is 2.91. The maximum atomic E-state index is 9.84. The molecule has 0 bridgehead atoms. The Balaban J connectivity index is 2.73. The molecule has 1 heterocycles. The van der Waals surface area contributed by atoms with Crippen molar-refractivity contribution in [2.45, 2.75) is 50.7 Å². The Bertz CT molecular complexity index is 207. The summed E-state index contributed by atoms with van der Waals surface area (Å²) in [6.07, 6.45) is -4.86. The minimum Gasteiger partial charge on any atom is -0.394 e. The molecule has 1 rings (SSSR count). The molecular weight excluding hydrogens is 216 g/mol. The highest BCUT2D eigenvalue weighted by molar-refractivity contribution is 4.90. The molecule has 0 spiro atoms. The summed E-state index contributed by atoms with van der Waals surface area (Å²) in [4.78, 5) is 0. The van der Waals surface area contributed by atoms with E-state index in [0.717, 1.165) is 0 Å². The second kappa shape index (κ2) is 5.90. The zero-order chi connectivity index (χ0) is 12.3. The second-order valence-electron chi connectivity index (χ2n) is 4.09. The van der Waals surface area contributed by atoms with Gasteiger partial charge in [-0.3, -0.25) is 0 Å². The van der Waals surface area contributed by atoms with E-state index in [2.05, 4.69) is 0 Å². The van der Waals surface area contributed by atoms with E-state index in [-0.39, 0.29) is 12.7 Å². The van der Waals surface area contributed by atoms with E-state index in [0.29, 0.717) is 0 Å². The molecule has 6 heteroatoms. The quantitative estimate of drug-likeness (QED) is 0.572. The Kier molecular flexibility index (Phi) is 5.10. The molecule has 96 valence electrons. The molecule has 0 aromatic rings. The zero-order valence-electron chi connectivity index (χ0n) is 9.74. The smallest absolute Gasteiger partial charge is 0.186 e. The molecule has 6 nitrogen and oxygen atoms in total. The summed E-state index contributed by atoms with van der Waals surface area (Å²) in [5.74, 6) is 0. The lowest BCUT2D eigenvalue weighted by molar-refractivity contribution is -0.308. The van der Waals surface area contributed by atoms with Gasteiger partial charge in [0.25, 0.3) is 0 Å². The van der Waals surface area contributed by atoms with Gasteiger partial charge in [0.05, 0.1) is 12.7 Å². The molecule has 0 saturated carbocycles. The van der Waals surface area contributed by atoms with Crippen molar-refractivity contribution < 1.29 is 29.5 Å². The first-order valence-corrected chi connectivity index (χ1v) is 5.32. The van der Waals surface area contributed by atoms with E-state index in [1.54, 1.807) is 0 Å². The number of methoxy groups -OCH3 is 1. The maximum Gasteiger partial charge on any atom is 0.186 e. The Labute approximate surface area is 94.7 Å². The molecule has 5 unspecified atom stereocenters. The van der Waals surface area contributed by atoms with Crippen LogP contribution in [0, 0.1) is 0 Å². The SMILES string of the molecule is COC1OC(CO)C(O)C(O)C1OC(C)C. The average molecular weight is 236 g/mol. The first-order chi connectivity index (χ1) is 7.51. The summed E-state index contributed by atoms with van der Waals surface area (Å²) < 4.78 is 15.7. The van der Waals surface area contributed by atoms with Gasteiger partial charge in [-0.25, -0.2) is 0 Å². The Hall–Kier alpha value is -0.240. The first-order valence-electron chi connectivity index (χ1n) is 5.32. The summed E-state index contributed by atoms with van der Waals surface area (Å²) in [6, 6.07) is 0. The number of rotatable bonds is 4. The van der Waals surface area contributed by atoms with Gasteiger partial charge < -0.3 is 29.5 Å². The second-order valence-corrected chi connectivity index (χ2v) is 4.09. The van der Waals surface area contributed by atoms with Crippen LogP contribution in [0.3, 0.4) is 0 Å². The fraction of sp³-hybridized carbons (Fsp3) is 1.00. The van der Waals surface area contributed by atoms with Crippen molar-refractivity contribution in [2.75, 3.05) is 13.7 Å². The fourth-order valence-electron chi connectivity index (χ4n) is 1.71. The van der Waals surface area contributed by atoms with Gasteiger partial charge in [-0.2, -0.15) is 0 Å². The van der Waals surface area contributed by atoms with Crippen LogP contribution in [0.25, 0.3) is 0 Å². The van der Waals surface area contributed by atoms with Gasteiger partial charge in [-0.05, 0) is 13.8 Å². The van der Waals surface area contributed by atoms with Crippen LogP contribution in [0.15, 0.2) is 0 Å². The highest BCUT2D eigenvalue weighted by Crippen LogP contribution is 2.24. The third-order valence-corrected chi connectivity index (χ3v) is 2.49. The van der Waals surface area contributed by atoms with Gasteiger partial charge in [-0.15, -0.1) is 0 Å². The molecule has 0 aliphatic carbocycles. The zero-order valence-corrected chi connectivity index (χ0v) is 9.74. The molecule has 1 saturated heterocycles. The molecule has 1 aliphatic rings. The van der Waals surface area contributed by atoms with Crippen molar-refractivity contribution in [2.24, 2.45) is 0 Å². The molecule has 3 N–H and O–H groups in total. The Morgan fingerprint density at radius 3 is 2.31 bits per heavy atom. The number of hydrogen-bond donors (Lipinski definition) is 3. The third-order valence-electron chi connectivity index (χ3n) is 2.49. The lowest BCUT2D eigenvalue weighted by Gasteiger charge is -2.41. The molecular formula is C10H20O6. The minimum atomic E-state index is -1.18. The summed E-state index contributed by atoms with van der Waals surface area (Å²) in [7, 11) is 1.42. The van der Waals surface area contributed by atoms with Crippen LogP contribution >= 0.6 is 0 Å². The minimum absolute atomic E-state index is 0.126. The van der Waals surface area contributed by atoms with E-state index in [9.17, 15) is 10.2 Å². The number of aliphatic hydroxyl groups excluding tert-OH is 3. The Morgan fingerprint density at radius 1 is 1.25 bits per heavy atom. The van der Waals surface area contributed by atoms with Crippen LogP contribution in [0.2, 0.25) is 0 Å². The van der Waals surface area contributed by atoms with Crippen molar-refractivity contribution >= 4 is 0 Å². The van der Waals surface area contributed by atoms with Gasteiger partial charge in [0, 0.05) is 7.11 Å². The van der Waals surface area contributed by atoms with Crippen molar-refractivity contribution in [1.29, 1.82) is 0 Å². The monoisotopic (exact) mass is 236 g/mol. The normalized spacial score (nSPS) is 40.3. The summed E-state index contributed by atoms with van der Waals surface area (Å²) in [5, 5.41) is 28.5. The van der Waals surface area contributed by atoms with Gasteiger partial charge in [0.15, 0.2) is 6.29 Å². The molecule has 5 atom stereocenters. The number of ether oxygens (including phenoxy) is 3. The highest BCUT2D eigenvalue weighted by Gasteiger charge is 2.45. The lowest BCUT2D eigenvalue weighted by atomic mass is 9.99. The fourth-order valence-corrected chi connectivity index (χ4v) is 1.71. The lowest BCUT2D eigenvalue weighted by Crippen LogP contribution is -2.60. The van der Waals surface area contributed by atoms with Crippen LogP contribution in [-0.2, 0) is 14.2 Å². The predicted octanol–water partition coefficient (Wildman–Crippen LogP) is -1.13. The van der Waals surface area contributed by atoms with E-state index in [1.807, 2.05) is 13.8 Å². The van der Waals surface area contributed by atoms with E-state index in [1.165, 1.54) is 7.11 Å². The van der Waals surface area contributed by atoms with Gasteiger partial charge in [-0.1, -0.05) is 0 Å². The molecule has 0 aromatic heterocycles. The van der Waals surface area contributed by atoms with Gasteiger partial charge >= 0.3 is 0 Å². The van der Waals surface area contributed by atoms with E-state index >= 15 is 0 Å². The highest BCUT2D eigenvalue weighted by atomic mass is 16.7. The molecule has 16 heavy (non-hydrogen) atoms. The molecule has 0 aromatic carbocycles. The van der Waals surface area contributed by atoms with Gasteiger partial charge in [0.2, 0.25) is 0 Å². The van der Waals surface area contributed by atoms with Crippen molar-refractivity contribution in [1.82, 2.24) is 0 Å². The van der Waals surface area contributed by atoms with Crippen molar-refractivity contribution in [3.8, 4) is 0 Å². The van der Waals surface area contributed by atoms with Crippen LogP contribution < -0.4 is 0 Å². The van der Waals surface area contributed by atoms with Crippen LogP contribution in [-0.4, -0.2) is 65.8 Å². The standard InChI is InChI=1S/C10H20O6/c1-5(2)15-9-8(13)7(12)6(4-11)16-10(9)14-3/h5-13H,4H2,1-3H3. The Morgan fingerprint density at radius 2 is 1.88 bits per heavy atom. The van der Waals surface area contributed by atoms with Crippen LogP contribution in [0.5, 0.6) is 0 Å². The van der Waals surface area contributed by atoms with Crippen molar-refractivity contribution in [3.05, 3.63) is 0 Å². The van der Waals surface area contributed by atoms with Crippen LogP contribution in [0.4, 0.5) is 0 Å². The van der Waals surface area contributed by atoms with Crippen molar-refractivity contribution in [3.63, 3.8) is 0 Å². The predicted molar refractivity (Wildman–Crippen MR) is 54.8 cm³/mol. The molecule has 1 aliphatic heterocycles. The number of aliphatic hydroxyl groups is 3. The topological polar surface area (TPSA) is 88.4 Å². The largest absolute Gasteiger partial charge is 0.394 e. The molecule has 1 fully saturated rings. The van der Waals surface area contributed by atoms with E-state index in [4.69, 9.17) is 19.3 Å². The number of hydrogen-bond acceptors (Lipinski definition) is 6. The first kappa shape index (κ1) is 13.8. The average Bonchev–Trinajstić information content (AvgIpc) is 2.25.